The van der Waals surface area contributed by atoms with Gasteiger partial charge in [-0.05, 0) is 46.7 Å². The van der Waals surface area contributed by atoms with Crippen molar-refractivity contribution in [2.75, 3.05) is 5.01 Å². The van der Waals surface area contributed by atoms with Gasteiger partial charge in [0.15, 0.2) is 0 Å². The fourth-order valence-corrected chi connectivity index (χ4v) is 7.55. The van der Waals surface area contributed by atoms with Gasteiger partial charge in [-0.2, -0.15) is 5.10 Å². The van der Waals surface area contributed by atoms with Crippen LogP contribution >= 0.6 is 0 Å². The minimum atomic E-state index is -3.90. The van der Waals surface area contributed by atoms with Crippen LogP contribution in [-0.4, -0.2) is 18.1 Å². The predicted octanol–water partition coefficient (Wildman–Crippen LogP) is 8.51. The van der Waals surface area contributed by atoms with E-state index in [1.54, 1.807) is 18.3 Å². The normalized spacial score (nSPS) is 15.5. The number of rotatable bonds is 6. The molecule has 6 heteroatoms. The van der Waals surface area contributed by atoms with Crippen molar-refractivity contribution in [3.05, 3.63) is 144 Å². The van der Waals surface area contributed by atoms with Crippen LogP contribution in [0.15, 0.2) is 138 Å². The van der Waals surface area contributed by atoms with E-state index >= 15 is 0 Å². The first-order valence-corrected chi connectivity index (χ1v) is 15.7. The fraction of sp³-hybridized carbons (Fsp3) is 0.139. The predicted molar refractivity (Wildman–Crippen MR) is 172 cm³/mol. The molecule has 0 amide bonds. The Kier molecular flexibility index (Phi) is 6.43. The molecule has 1 unspecified atom stereocenters. The molecule has 0 N–H and O–H groups in total. The van der Waals surface area contributed by atoms with E-state index in [1.165, 1.54) is 15.1 Å². The first kappa shape index (κ1) is 26.2. The molecule has 0 radical (unpaired) electrons. The second kappa shape index (κ2) is 10.3. The SMILES string of the molecule is CC(C)c1ccc(C2CC(c3cn(S(=O)(=O)c4cccc5ccccc45)c4ccccc34)=NN2c2ccccc2)cc1. The number of benzene rings is 5. The zero-order chi connectivity index (χ0) is 28.8. The highest BCUT2D eigenvalue weighted by atomic mass is 32.2. The van der Waals surface area contributed by atoms with Crippen molar-refractivity contribution in [3.8, 4) is 0 Å². The second-order valence-corrected chi connectivity index (χ2v) is 12.9. The van der Waals surface area contributed by atoms with Crippen molar-refractivity contribution in [3.63, 3.8) is 0 Å². The summed E-state index contributed by atoms with van der Waals surface area (Å²) in [5.74, 6) is 0.453. The average Bonchev–Trinajstić information content (AvgIpc) is 3.64. The molecule has 1 aromatic heterocycles. The Morgan fingerprint density at radius 2 is 1.40 bits per heavy atom. The Bertz CT molecular complexity index is 2060. The number of fused-ring (bicyclic) bond motifs is 2. The van der Waals surface area contributed by atoms with Crippen molar-refractivity contribution in [2.24, 2.45) is 5.10 Å². The molecular formula is C36H31N3O2S. The van der Waals surface area contributed by atoms with Gasteiger partial charge in [-0.1, -0.05) is 111 Å². The second-order valence-electron chi connectivity index (χ2n) is 11.1. The minimum absolute atomic E-state index is 0.0135. The molecule has 0 bridgehead atoms. The highest BCUT2D eigenvalue weighted by molar-refractivity contribution is 7.90. The van der Waals surface area contributed by atoms with Crippen LogP contribution in [0.25, 0.3) is 21.7 Å². The number of hydrogen-bond donors (Lipinski definition) is 0. The molecule has 2 heterocycles. The van der Waals surface area contributed by atoms with E-state index < -0.39 is 10.0 Å². The molecule has 0 fully saturated rings. The summed E-state index contributed by atoms with van der Waals surface area (Å²) in [5, 5.41) is 9.69. The van der Waals surface area contributed by atoms with Crippen LogP contribution in [0, 0.1) is 0 Å². The Balaban J connectivity index is 1.37. The van der Waals surface area contributed by atoms with Gasteiger partial charge in [-0.3, -0.25) is 5.01 Å². The number of hydrogen-bond acceptors (Lipinski definition) is 4. The van der Waals surface area contributed by atoms with Crippen LogP contribution < -0.4 is 5.01 Å². The topological polar surface area (TPSA) is 54.7 Å². The number of para-hydroxylation sites is 2. The van der Waals surface area contributed by atoms with Crippen molar-refractivity contribution in [1.29, 1.82) is 0 Å². The molecule has 5 aromatic carbocycles. The third-order valence-electron chi connectivity index (χ3n) is 8.19. The molecule has 0 aliphatic carbocycles. The smallest absolute Gasteiger partial charge is 0.257 e. The summed E-state index contributed by atoms with van der Waals surface area (Å²) in [6, 6.07) is 39.7. The maximum absolute atomic E-state index is 14.3. The van der Waals surface area contributed by atoms with Gasteiger partial charge < -0.3 is 0 Å². The summed E-state index contributed by atoms with van der Waals surface area (Å²) >= 11 is 0. The van der Waals surface area contributed by atoms with Gasteiger partial charge in [0, 0.05) is 29.0 Å². The van der Waals surface area contributed by atoms with Gasteiger partial charge in [0.25, 0.3) is 10.0 Å². The van der Waals surface area contributed by atoms with Crippen LogP contribution in [0.1, 0.15) is 48.9 Å². The molecule has 1 aliphatic heterocycles. The van der Waals surface area contributed by atoms with Crippen LogP contribution in [0.4, 0.5) is 5.69 Å². The maximum Gasteiger partial charge on any atom is 0.268 e. The molecule has 6 aromatic rings. The summed E-state index contributed by atoms with van der Waals surface area (Å²) in [7, 11) is -3.90. The quantitative estimate of drug-likeness (QED) is 0.202. The van der Waals surface area contributed by atoms with E-state index in [9.17, 15) is 8.42 Å². The molecule has 0 saturated heterocycles. The summed E-state index contributed by atoms with van der Waals surface area (Å²) in [6.45, 7) is 4.40. The lowest BCUT2D eigenvalue weighted by Crippen LogP contribution is -2.18. The van der Waals surface area contributed by atoms with Gasteiger partial charge in [-0.25, -0.2) is 12.4 Å². The summed E-state index contributed by atoms with van der Waals surface area (Å²) in [6.07, 6.45) is 2.41. The summed E-state index contributed by atoms with van der Waals surface area (Å²) in [4.78, 5) is 0.287. The highest BCUT2D eigenvalue weighted by Gasteiger charge is 2.32. The van der Waals surface area contributed by atoms with E-state index in [1.807, 2.05) is 72.8 Å². The molecule has 42 heavy (non-hydrogen) atoms. The van der Waals surface area contributed by atoms with Crippen molar-refractivity contribution in [1.82, 2.24) is 3.97 Å². The van der Waals surface area contributed by atoms with Crippen molar-refractivity contribution >= 4 is 43.1 Å². The number of nitrogens with zero attached hydrogens (tertiary/aromatic N) is 3. The lowest BCUT2D eigenvalue weighted by molar-refractivity contribution is 0.590. The van der Waals surface area contributed by atoms with Crippen molar-refractivity contribution in [2.45, 2.75) is 37.1 Å². The molecular weight excluding hydrogens is 538 g/mol. The van der Waals surface area contributed by atoms with E-state index in [0.717, 1.165) is 27.7 Å². The summed E-state index contributed by atoms with van der Waals surface area (Å²) in [5.41, 5.74) is 5.80. The number of hydrazone groups is 1. The fourth-order valence-electron chi connectivity index (χ4n) is 5.96. The summed E-state index contributed by atoms with van der Waals surface area (Å²) < 4.78 is 30.0. The molecule has 208 valence electrons. The van der Waals surface area contributed by atoms with Crippen LogP contribution in [0.2, 0.25) is 0 Å². The maximum atomic E-state index is 14.3. The van der Waals surface area contributed by atoms with Gasteiger partial charge in [0.2, 0.25) is 0 Å². The third-order valence-corrected chi connectivity index (χ3v) is 9.93. The minimum Gasteiger partial charge on any atom is -0.257 e. The number of aromatic nitrogens is 1. The number of anilines is 1. The zero-order valence-electron chi connectivity index (χ0n) is 23.6. The molecule has 7 rings (SSSR count). The lowest BCUT2D eigenvalue weighted by atomic mass is 9.95. The van der Waals surface area contributed by atoms with E-state index in [-0.39, 0.29) is 10.9 Å². The standard InChI is InChI=1S/C36H31N3O2S/c1-25(2)26-19-21-28(22-20-26)35-23-33(37-39(35)29-13-4-3-5-14-29)32-24-38(34-17-9-8-16-31(32)34)42(40,41)36-18-10-12-27-11-6-7-15-30(27)36/h3-22,24-25,35H,23H2,1-2H3. The largest absolute Gasteiger partial charge is 0.268 e. The third kappa shape index (κ3) is 4.39. The molecule has 1 atom stereocenters. The molecule has 1 aliphatic rings. The van der Waals surface area contributed by atoms with Gasteiger partial charge in [0.1, 0.15) is 0 Å². The molecule has 0 saturated carbocycles. The van der Waals surface area contributed by atoms with Gasteiger partial charge >= 0.3 is 0 Å². The monoisotopic (exact) mass is 569 g/mol. The van der Waals surface area contributed by atoms with E-state index in [0.29, 0.717) is 23.2 Å². The van der Waals surface area contributed by atoms with Crippen LogP contribution in [0.5, 0.6) is 0 Å². The average molecular weight is 570 g/mol. The van der Waals surface area contributed by atoms with Crippen molar-refractivity contribution < 1.29 is 8.42 Å². The lowest BCUT2D eigenvalue weighted by Gasteiger charge is -2.24. The van der Waals surface area contributed by atoms with Crippen LogP contribution in [0.3, 0.4) is 0 Å². The first-order chi connectivity index (χ1) is 20.4. The first-order valence-electron chi connectivity index (χ1n) is 14.3. The van der Waals surface area contributed by atoms with Gasteiger partial charge in [0.05, 0.1) is 27.9 Å². The zero-order valence-corrected chi connectivity index (χ0v) is 24.4. The Morgan fingerprint density at radius 1 is 0.738 bits per heavy atom. The Labute approximate surface area is 246 Å². The van der Waals surface area contributed by atoms with Gasteiger partial charge in [-0.15, -0.1) is 0 Å². The highest BCUT2D eigenvalue weighted by Crippen LogP contribution is 2.39. The van der Waals surface area contributed by atoms with Crippen LogP contribution in [-0.2, 0) is 10.0 Å². The Hall–Kier alpha value is -4.68. The van der Waals surface area contributed by atoms with E-state index in [4.69, 9.17) is 5.10 Å². The molecule has 0 spiro atoms. The Morgan fingerprint density at radius 3 is 2.17 bits per heavy atom. The molecule has 5 nitrogen and oxygen atoms in total. The van der Waals surface area contributed by atoms with E-state index in [2.05, 4.69) is 55.3 Å².